The Kier molecular flexibility index (Phi) is 4.30. The van der Waals surface area contributed by atoms with Gasteiger partial charge in [0.05, 0.1) is 12.3 Å². The lowest BCUT2D eigenvalue weighted by Crippen LogP contribution is -2.11. The Morgan fingerprint density at radius 3 is 2.89 bits per heavy atom. The molecule has 5 heteroatoms. The summed E-state index contributed by atoms with van der Waals surface area (Å²) in [7, 11) is 1.56. The van der Waals surface area contributed by atoms with Crippen molar-refractivity contribution in [3.8, 4) is 17.0 Å². The van der Waals surface area contributed by atoms with E-state index in [1.165, 1.54) is 6.07 Å². The molecule has 1 heterocycles. The van der Waals surface area contributed by atoms with Crippen molar-refractivity contribution < 1.29 is 9.47 Å². The molecule has 2 aromatic rings. The number of nitrogens with one attached hydrogen (secondary N) is 1. The van der Waals surface area contributed by atoms with Crippen molar-refractivity contribution in [1.82, 2.24) is 9.97 Å². The minimum absolute atomic E-state index is 0.195. The summed E-state index contributed by atoms with van der Waals surface area (Å²) in [6.45, 7) is 2.80. The molecule has 5 nitrogen and oxygen atoms in total. The van der Waals surface area contributed by atoms with Crippen LogP contribution in [0.5, 0.6) is 5.75 Å². The van der Waals surface area contributed by atoms with E-state index in [0.29, 0.717) is 18.1 Å². The number of benzene rings is 1. The SMILES string of the molecule is CCOc1cccc(-c2cc(=O)[nH]c(COC)n2)c1. The van der Waals surface area contributed by atoms with Crippen molar-refractivity contribution in [3.63, 3.8) is 0 Å². The average molecular weight is 260 g/mol. The average Bonchev–Trinajstić information content (AvgIpc) is 2.39. The molecule has 19 heavy (non-hydrogen) atoms. The molecule has 0 aliphatic heterocycles. The van der Waals surface area contributed by atoms with Crippen LogP contribution in [-0.4, -0.2) is 23.7 Å². The van der Waals surface area contributed by atoms with E-state index in [-0.39, 0.29) is 12.2 Å². The van der Waals surface area contributed by atoms with E-state index in [9.17, 15) is 4.79 Å². The number of ether oxygens (including phenoxy) is 2. The zero-order chi connectivity index (χ0) is 13.7. The van der Waals surface area contributed by atoms with E-state index in [4.69, 9.17) is 9.47 Å². The van der Waals surface area contributed by atoms with Gasteiger partial charge in [-0.1, -0.05) is 12.1 Å². The van der Waals surface area contributed by atoms with Crippen LogP contribution in [0.4, 0.5) is 0 Å². The second-order valence-electron chi connectivity index (χ2n) is 3.97. The maximum atomic E-state index is 11.6. The molecule has 1 aromatic heterocycles. The zero-order valence-electron chi connectivity index (χ0n) is 11.0. The molecule has 0 spiro atoms. The highest BCUT2D eigenvalue weighted by Gasteiger charge is 2.05. The summed E-state index contributed by atoms with van der Waals surface area (Å²) < 4.78 is 10.4. The Morgan fingerprint density at radius 1 is 1.32 bits per heavy atom. The third kappa shape index (κ3) is 3.42. The fourth-order valence-electron chi connectivity index (χ4n) is 1.77. The molecule has 100 valence electrons. The summed E-state index contributed by atoms with van der Waals surface area (Å²) in [5.74, 6) is 1.27. The van der Waals surface area contributed by atoms with Crippen LogP contribution in [0.25, 0.3) is 11.3 Å². The van der Waals surface area contributed by atoms with Crippen molar-refractivity contribution in [2.45, 2.75) is 13.5 Å². The maximum absolute atomic E-state index is 11.6. The summed E-state index contributed by atoms with van der Waals surface area (Å²) in [5, 5.41) is 0. The van der Waals surface area contributed by atoms with E-state index in [2.05, 4.69) is 9.97 Å². The molecule has 0 amide bonds. The van der Waals surface area contributed by atoms with Gasteiger partial charge < -0.3 is 14.5 Å². The fourth-order valence-corrected chi connectivity index (χ4v) is 1.77. The Balaban J connectivity index is 2.40. The van der Waals surface area contributed by atoms with Gasteiger partial charge in [0.25, 0.3) is 5.56 Å². The van der Waals surface area contributed by atoms with Crippen molar-refractivity contribution in [2.24, 2.45) is 0 Å². The summed E-state index contributed by atoms with van der Waals surface area (Å²) in [4.78, 5) is 18.6. The first-order valence-electron chi connectivity index (χ1n) is 6.05. The van der Waals surface area contributed by atoms with E-state index in [1.807, 2.05) is 31.2 Å². The first-order chi connectivity index (χ1) is 9.22. The Labute approximate surface area is 111 Å². The molecular formula is C14H16N2O3. The van der Waals surface area contributed by atoms with Crippen LogP contribution in [-0.2, 0) is 11.3 Å². The van der Waals surface area contributed by atoms with Crippen molar-refractivity contribution in [3.05, 3.63) is 46.5 Å². The molecule has 0 aliphatic carbocycles. The molecule has 0 atom stereocenters. The van der Waals surface area contributed by atoms with Gasteiger partial charge in [-0.05, 0) is 19.1 Å². The van der Waals surface area contributed by atoms with Gasteiger partial charge >= 0.3 is 0 Å². The third-order valence-electron chi connectivity index (χ3n) is 2.51. The van der Waals surface area contributed by atoms with Gasteiger partial charge in [0, 0.05) is 18.7 Å². The van der Waals surface area contributed by atoms with Gasteiger partial charge in [-0.25, -0.2) is 4.98 Å². The molecule has 1 N–H and O–H groups in total. The second-order valence-corrected chi connectivity index (χ2v) is 3.97. The maximum Gasteiger partial charge on any atom is 0.251 e. The highest BCUT2D eigenvalue weighted by Crippen LogP contribution is 2.21. The number of aromatic nitrogens is 2. The first-order valence-corrected chi connectivity index (χ1v) is 6.05. The summed E-state index contributed by atoms with van der Waals surface area (Å²) in [5.41, 5.74) is 1.26. The minimum atomic E-state index is -0.195. The van der Waals surface area contributed by atoms with Gasteiger partial charge in [-0.3, -0.25) is 4.79 Å². The number of nitrogens with zero attached hydrogens (tertiary/aromatic N) is 1. The Morgan fingerprint density at radius 2 is 2.16 bits per heavy atom. The molecule has 0 aliphatic rings. The number of hydrogen-bond donors (Lipinski definition) is 1. The van der Waals surface area contributed by atoms with Crippen LogP contribution in [0.2, 0.25) is 0 Å². The molecular weight excluding hydrogens is 244 g/mol. The van der Waals surface area contributed by atoms with Crippen molar-refractivity contribution >= 4 is 0 Å². The van der Waals surface area contributed by atoms with Crippen LogP contribution < -0.4 is 10.3 Å². The van der Waals surface area contributed by atoms with Crippen molar-refractivity contribution in [2.75, 3.05) is 13.7 Å². The summed E-state index contributed by atoms with van der Waals surface area (Å²) in [6, 6.07) is 8.96. The summed E-state index contributed by atoms with van der Waals surface area (Å²) >= 11 is 0. The smallest absolute Gasteiger partial charge is 0.251 e. The number of methoxy groups -OCH3 is 1. The number of hydrogen-bond acceptors (Lipinski definition) is 4. The Bertz CT molecular complexity index is 608. The number of H-pyrrole nitrogens is 1. The first kappa shape index (κ1) is 13.3. The third-order valence-corrected chi connectivity index (χ3v) is 2.51. The van der Waals surface area contributed by atoms with E-state index in [1.54, 1.807) is 7.11 Å². The molecule has 0 fully saturated rings. The molecule has 0 bridgehead atoms. The van der Waals surface area contributed by atoms with Crippen LogP contribution >= 0.6 is 0 Å². The van der Waals surface area contributed by atoms with E-state index < -0.39 is 0 Å². The fraction of sp³-hybridized carbons (Fsp3) is 0.286. The van der Waals surface area contributed by atoms with Gasteiger partial charge in [-0.2, -0.15) is 0 Å². The van der Waals surface area contributed by atoms with Gasteiger partial charge in [0.15, 0.2) is 0 Å². The largest absolute Gasteiger partial charge is 0.494 e. The van der Waals surface area contributed by atoms with Crippen molar-refractivity contribution in [1.29, 1.82) is 0 Å². The summed E-state index contributed by atoms with van der Waals surface area (Å²) in [6.07, 6.45) is 0. The highest BCUT2D eigenvalue weighted by atomic mass is 16.5. The molecule has 0 saturated heterocycles. The van der Waals surface area contributed by atoms with Crippen LogP contribution in [0.15, 0.2) is 35.1 Å². The zero-order valence-corrected chi connectivity index (χ0v) is 11.0. The quantitative estimate of drug-likeness (QED) is 0.892. The lowest BCUT2D eigenvalue weighted by atomic mass is 10.1. The molecule has 0 radical (unpaired) electrons. The normalized spacial score (nSPS) is 10.4. The van der Waals surface area contributed by atoms with Gasteiger partial charge in [0.2, 0.25) is 0 Å². The van der Waals surface area contributed by atoms with Gasteiger partial charge in [0.1, 0.15) is 18.2 Å². The predicted octanol–water partition coefficient (Wildman–Crippen LogP) is 1.98. The van der Waals surface area contributed by atoms with Crippen LogP contribution in [0, 0.1) is 0 Å². The number of aromatic amines is 1. The molecule has 0 saturated carbocycles. The standard InChI is InChI=1S/C14H16N2O3/c1-3-19-11-6-4-5-10(7-11)12-8-14(17)16-13(15-12)9-18-2/h4-8H,3,9H2,1-2H3,(H,15,16,17). The lowest BCUT2D eigenvalue weighted by Gasteiger charge is -2.07. The van der Waals surface area contributed by atoms with Crippen LogP contribution in [0.1, 0.15) is 12.7 Å². The monoisotopic (exact) mass is 260 g/mol. The van der Waals surface area contributed by atoms with E-state index >= 15 is 0 Å². The van der Waals surface area contributed by atoms with Gasteiger partial charge in [-0.15, -0.1) is 0 Å². The topological polar surface area (TPSA) is 64.2 Å². The lowest BCUT2D eigenvalue weighted by molar-refractivity contribution is 0.177. The Hall–Kier alpha value is -2.14. The molecule has 2 rings (SSSR count). The minimum Gasteiger partial charge on any atom is -0.494 e. The van der Waals surface area contributed by atoms with Crippen LogP contribution in [0.3, 0.4) is 0 Å². The number of rotatable bonds is 5. The highest BCUT2D eigenvalue weighted by molar-refractivity contribution is 5.60. The molecule has 1 aromatic carbocycles. The predicted molar refractivity (Wildman–Crippen MR) is 72.2 cm³/mol. The second kappa shape index (κ2) is 6.15. The van der Waals surface area contributed by atoms with E-state index in [0.717, 1.165) is 11.3 Å². The molecule has 0 unspecified atom stereocenters.